The fourth-order valence-corrected chi connectivity index (χ4v) is 8.14. The fraction of sp³-hybridized carbons (Fsp3) is 0. The summed E-state index contributed by atoms with van der Waals surface area (Å²) in [5.41, 5.74) is 9.96. The molecule has 4 heterocycles. The Morgan fingerprint density at radius 2 is 1.18 bits per heavy atom. The Balaban J connectivity index is 1.41. The van der Waals surface area contributed by atoms with Crippen molar-refractivity contribution >= 4 is 53.3 Å². The average Bonchev–Trinajstić information content (AvgIpc) is 3.59. The third-order valence-corrected chi connectivity index (χ3v) is 10.1. The van der Waals surface area contributed by atoms with Crippen molar-refractivity contribution in [3.8, 4) is 50.7 Å². The topological polar surface area (TPSA) is 30.7 Å². The van der Waals surface area contributed by atoms with E-state index >= 15 is 0 Å². The van der Waals surface area contributed by atoms with Crippen LogP contribution in [0.1, 0.15) is 0 Å². The van der Waals surface area contributed by atoms with Gasteiger partial charge in [-0.15, -0.1) is 11.3 Å². The van der Waals surface area contributed by atoms with Crippen molar-refractivity contribution < 1.29 is 0 Å². The van der Waals surface area contributed by atoms with Crippen molar-refractivity contribution in [2.75, 3.05) is 0 Å². The van der Waals surface area contributed by atoms with Gasteiger partial charge in [-0.05, 0) is 35.4 Å². The van der Waals surface area contributed by atoms with Crippen LogP contribution < -0.4 is 0 Å². The molecule has 9 aromatic rings. The van der Waals surface area contributed by atoms with E-state index in [9.17, 15) is 0 Å². The highest BCUT2D eigenvalue weighted by Gasteiger charge is 2.29. The predicted octanol–water partition coefficient (Wildman–Crippen LogP) is 10.9. The molecular weight excluding hydrogens is 555 g/mol. The van der Waals surface area contributed by atoms with Gasteiger partial charge in [0.15, 0.2) is 5.82 Å². The maximum Gasteiger partial charge on any atom is 0.162 e. The van der Waals surface area contributed by atoms with Crippen LogP contribution in [0.4, 0.5) is 0 Å². The highest BCUT2D eigenvalue weighted by molar-refractivity contribution is 7.25. The number of nitrogens with zero attached hydrogens (tertiary/aromatic N) is 3. The van der Waals surface area contributed by atoms with Gasteiger partial charge in [-0.25, -0.2) is 9.97 Å². The molecule has 0 aliphatic carbocycles. The van der Waals surface area contributed by atoms with Gasteiger partial charge in [0.05, 0.1) is 22.3 Å². The number of aromatic nitrogens is 3. The van der Waals surface area contributed by atoms with Crippen molar-refractivity contribution in [1.29, 1.82) is 0 Å². The smallest absolute Gasteiger partial charge is 0.162 e. The molecule has 0 amide bonds. The Hall–Kier alpha value is -5.58. The molecular formula is C40H23N3S. The summed E-state index contributed by atoms with van der Waals surface area (Å²) < 4.78 is 4.96. The first-order valence-electron chi connectivity index (χ1n) is 14.8. The zero-order valence-corrected chi connectivity index (χ0v) is 24.3. The normalized spacial score (nSPS) is 12.1. The van der Waals surface area contributed by atoms with E-state index in [1.54, 1.807) is 0 Å². The first-order chi connectivity index (χ1) is 21.8. The van der Waals surface area contributed by atoms with E-state index in [0.29, 0.717) is 0 Å². The quantitative estimate of drug-likeness (QED) is 0.205. The zero-order valence-electron chi connectivity index (χ0n) is 23.5. The lowest BCUT2D eigenvalue weighted by Gasteiger charge is -2.18. The van der Waals surface area contributed by atoms with Crippen molar-refractivity contribution in [2.45, 2.75) is 0 Å². The Labute approximate surface area is 257 Å². The van der Waals surface area contributed by atoms with Crippen LogP contribution in [0, 0.1) is 0 Å². The molecule has 44 heavy (non-hydrogen) atoms. The molecule has 0 atom stereocenters. The highest BCUT2D eigenvalue weighted by atomic mass is 32.1. The lowest BCUT2D eigenvalue weighted by Crippen LogP contribution is -2.05. The van der Waals surface area contributed by atoms with E-state index in [-0.39, 0.29) is 0 Å². The van der Waals surface area contributed by atoms with E-state index < -0.39 is 0 Å². The van der Waals surface area contributed by atoms with Crippen LogP contribution in [0.25, 0.3) is 92.7 Å². The van der Waals surface area contributed by atoms with Crippen molar-refractivity contribution in [3.05, 3.63) is 140 Å². The zero-order chi connectivity index (χ0) is 28.8. The first-order valence-corrected chi connectivity index (χ1v) is 15.7. The van der Waals surface area contributed by atoms with Crippen LogP contribution in [0.3, 0.4) is 0 Å². The molecule has 0 saturated carbocycles. The number of hydrogen-bond donors (Lipinski definition) is 0. The van der Waals surface area contributed by atoms with Crippen molar-refractivity contribution in [3.63, 3.8) is 0 Å². The van der Waals surface area contributed by atoms with Crippen LogP contribution in [0.5, 0.6) is 0 Å². The monoisotopic (exact) mass is 577 g/mol. The molecule has 0 N–H and O–H groups in total. The van der Waals surface area contributed by atoms with Crippen molar-refractivity contribution in [1.82, 2.24) is 14.5 Å². The molecule has 0 bridgehead atoms. The number of rotatable bonds is 2. The minimum absolute atomic E-state index is 0.720. The molecule has 3 aromatic heterocycles. The summed E-state index contributed by atoms with van der Waals surface area (Å²) in [4.78, 5) is 10.8. The summed E-state index contributed by atoms with van der Waals surface area (Å²) in [6.07, 6.45) is 0. The lowest BCUT2D eigenvalue weighted by molar-refractivity contribution is 1.05. The van der Waals surface area contributed by atoms with Gasteiger partial charge in [0, 0.05) is 47.6 Å². The maximum absolute atomic E-state index is 5.43. The molecule has 204 valence electrons. The molecule has 1 aliphatic heterocycles. The fourth-order valence-electron chi connectivity index (χ4n) is 7.05. The first kappa shape index (κ1) is 23.9. The molecule has 0 fully saturated rings. The third-order valence-electron chi connectivity index (χ3n) is 8.97. The third kappa shape index (κ3) is 3.26. The van der Waals surface area contributed by atoms with Gasteiger partial charge in [-0.3, -0.25) is 4.57 Å². The molecule has 0 saturated heterocycles. The Kier molecular flexibility index (Phi) is 4.87. The van der Waals surface area contributed by atoms with E-state index in [4.69, 9.17) is 9.97 Å². The van der Waals surface area contributed by atoms with Gasteiger partial charge >= 0.3 is 0 Å². The number of benzene rings is 6. The number of thiophene rings is 1. The van der Waals surface area contributed by atoms with E-state index in [0.717, 1.165) is 45.1 Å². The summed E-state index contributed by atoms with van der Waals surface area (Å²) in [6, 6.07) is 49.9. The second-order valence-corrected chi connectivity index (χ2v) is 12.5. The summed E-state index contributed by atoms with van der Waals surface area (Å²) in [7, 11) is 0. The summed E-state index contributed by atoms with van der Waals surface area (Å²) in [6.45, 7) is 0. The van der Waals surface area contributed by atoms with Gasteiger partial charge in [-0.2, -0.15) is 0 Å². The number of hydrogen-bond acceptors (Lipinski definition) is 3. The molecule has 0 spiro atoms. The van der Waals surface area contributed by atoms with E-state index in [2.05, 4.69) is 138 Å². The Morgan fingerprint density at radius 3 is 2.09 bits per heavy atom. The molecule has 1 aliphatic rings. The Morgan fingerprint density at radius 1 is 0.477 bits per heavy atom. The largest absolute Gasteiger partial charge is 0.292 e. The lowest BCUT2D eigenvalue weighted by atomic mass is 9.91. The van der Waals surface area contributed by atoms with Gasteiger partial charge in [0.25, 0.3) is 0 Å². The molecule has 6 aromatic carbocycles. The van der Waals surface area contributed by atoms with Crippen LogP contribution >= 0.6 is 11.3 Å². The van der Waals surface area contributed by atoms with E-state index in [1.165, 1.54) is 47.6 Å². The summed E-state index contributed by atoms with van der Waals surface area (Å²) in [5.74, 6) is 1.63. The minimum atomic E-state index is 0.720. The standard InChI is InChI=1S/C40H23N3S/c1-2-11-24(12-3-1)39-41-37(25-21-22-35-32(23-25)28-15-7-9-20-34(28)44-35)36-29-16-5-4-13-26(29)30-17-10-18-31-27-14-6-8-19-33(27)43(38(30)31)40(36)42-39/h1-23H. The van der Waals surface area contributed by atoms with Crippen molar-refractivity contribution in [2.24, 2.45) is 0 Å². The van der Waals surface area contributed by atoms with Crippen LogP contribution in [0.2, 0.25) is 0 Å². The predicted molar refractivity (Wildman–Crippen MR) is 185 cm³/mol. The summed E-state index contributed by atoms with van der Waals surface area (Å²) >= 11 is 1.84. The van der Waals surface area contributed by atoms with E-state index in [1.807, 2.05) is 17.4 Å². The number of fused-ring (bicyclic) bond motifs is 11. The van der Waals surface area contributed by atoms with Gasteiger partial charge in [-0.1, -0.05) is 115 Å². The SMILES string of the molecule is c1ccc(-c2nc(-c3ccc4sc5ccccc5c4c3)c3c(n2)-n2c4ccccc4c4cccc(c42)-c2ccccc2-3)cc1. The second kappa shape index (κ2) is 8.96. The maximum atomic E-state index is 5.43. The summed E-state index contributed by atoms with van der Waals surface area (Å²) in [5, 5.41) is 5.00. The highest BCUT2D eigenvalue weighted by Crippen LogP contribution is 2.49. The van der Waals surface area contributed by atoms with Crippen LogP contribution in [0.15, 0.2) is 140 Å². The van der Waals surface area contributed by atoms with Gasteiger partial charge in [0.2, 0.25) is 0 Å². The number of para-hydroxylation sites is 2. The Bertz CT molecular complexity index is 2610. The minimum Gasteiger partial charge on any atom is -0.292 e. The van der Waals surface area contributed by atoms with Crippen LogP contribution in [-0.4, -0.2) is 14.5 Å². The second-order valence-electron chi connectivity index (χ2n) is 11.4. The van der Waals surface area contributed by atoms with Gasteiger partial charge < -0.3 is 0 Å². The molecule has 0 unspecified atom stereocenters. The molecule has 0 radical (unpaired) electrons. The average molecular weight is 578 g/mol. The molecule has 10 rings (SSSR count). The molecule has 4 heteroatoms. The molecule has 3 nitrogen and oxygen atoms in total. The van der Waals surface area contributed by atoms with Crippen LogP contribution in [-0.2, 0) is 0 Å². The van der Waals surface area contributed by atoms with Gasteiger partial charge in [0.1, 0.15) is 5.82 Å².